The van der Waals surface area contributed by atoms with E-state index < -0.39 is 0 Å². The van der Waals surface area contributed by atoms with Crippen molar-refractivity contribution in [1.82, 2.24) is 15.3 Å². The zero-order chi connectivity index (χ0) is 16.4. The Bertz CT molecular complexity index is 859. The minimum atomic E-state index is -0.156. The second-order valence-electron chi connectivity index (χ2n) is 5.78. The maximum absolute atomic E-state index is 12.7. The van der Waals surface area contributed by atoms with E-state index in [0.29, 0.717) is 5.56 Å². The van der Waals surface area contributed by atoms with Crippen LogP contribution in [0.4, 0.5) is 0 Å². The van der Waals surface area contributed by atoms with E-state index in [1.807, 2.05) is 63.2 Å². The first-order valence-electron chi connectivity index (χ1n) is 7.64. The van der Waals surface area contributed by atoms with E-state index in [-0.39, 0.29) is 11.9 Å². The Labute approximate surface area is 135 Å². The van der Waals surface area contributed by atoms with Crippen molar-refractivity contribution >= 4 is 16.8 Å². The average Bonchev–Trinajstić information content (AvgIpc) is 2.55. The van der Waals surface area contributed by atoms with Crippen LogP contribution in [0.25, 0.3) is 10.9 Å². The van der Waals surface area contributed by atoms with Crippen molar-refractivity contribution in [3.8, 4) is 0 Å². The molecule has 0 aliphatic carbocycles. The van der Waals surface area contributed by atoms with Crippen molar-refractivity contribution in [2.45, 2.75) is 26.8 Å². The van der Waals surface area contributed by atoms with Crippen molar-refractivity contribution in [3.63, 3.8) is 0 Å². The normalized spacial score (nSPS) is 12.1. The van der Waals surface area contributed by atoms with Crippen LogP contribution in [0, 0.1) is 13.8 Å². The van der Waals surface area contributed by atoms with E-state index in [4.69, 9.17) is 0 Å². The topological polar surface area (TPSA) is 54.9 Å². The summed E-state index contributed by atoms with van der Waals surface area (Å²) in [6.07, 6.45) is 1.73. The van der Waals surface area contributed by atoms with Crippen molar-refractivity contribution in [3.05, 3.63) is 71.2 Å². The van der Waals surface area contributed by atoms with Crippen LogP contribution >= 0.6 is 0 Å². The lowest BCUT2D eigenvalue weighted by molar-refractivity contribution is 0.0940. The largest absolute Gasteiger partial charge is 0.344 e. The van der Waals surface area contributed by atoms with Gasteiger partial charge in [0, 0.05) is 17.3 Å². The van der Waals surface area contributed by atoms with E-state index in [1.165, 1.54) is 0 Å². The molecule has 3 aromatic rings. The molecule has 116 valence electrons. The summed E-state index contributed by atoms with van der Waals surface area (Å²) >= 11 is 0. The monoisotopic (exact) mass is 305 g/mol. The molecule has 23 heavy (non-hydrogen) atoms. The van der Waals surface area contributed by atoms with Gasteiger partial charge in [-0.05, 0) is 51.1 Å². The van der Waals surface area contributed by atoms with Crippen LogP contribution in [0.1, 0.15) is 40.3 Å². The molecule has 0 bridgehead atoms. The Morgan fingerprint density at radius 3 is 2.70 bits per heavy atom. The molecule has 0 saturated carbocycles. The Morgan fingerprint density at radius 2 is 1.96 bits per heavy atom. The Kier molecular flexibility index (Phi) is 4.06. The zero-order valence-electron chi connectivity index (χ0n) is 13.5. The maximum atomic E-state index is 12.7. The lowest BCUT2D eigenvalue weighted by atomic mass is 10.0. The summed E-state index contributed by atoms with van der Waals surface area (Å²) in [5.41, 5.74) is 4.27. The molecule has 0 aliphatic rings. The second-order valence-corrected chi connectivity index (χ2v) is 5.78. The molecule has 2 aromatic heterocycles. The number of amides is 1. The van der Waals surface area contributed by atoms with Crippen LogP contribution in [-0.2, 0) is 0 Å². The fourth-order valence-electron chi connectivity index (χ4n) is 2.64. The lowest BCUT2D eigenvalue weighted by Crippen LogP contribution is -2.27. The third kappa shape index (κ3) is 3.21. The number of carbonyl (C=O) groups is 1. The van der Waals surface area contributed by atoms with E-state index in [2.05, 4.69) is 15.3 Å². The zero-order valence-corrected chi connectivity index (χ0v) is 13.5. The molecule has 1 aromatic carbocycles. The summed E-state index contributed by atoms with van der Waals surface area (Å²) in [7, 11) is 0. The number of pyridine rings is 2. The molecule has 4 heteroatoms. The number of rotatable bonds is 3. The van der Waals surface area contributed by atoms with Gasteiger partial charge in [0.1, 0.15) is 0 Å². The number of nitrogens with zero attached hydrogens (tertiary/aromatic N) is 2. The molecule has 1 unspecified atom stereocenters. The first-order chi connectivity index (χ1) is 11.0. The van der Waals surface area contributed by atoms with Crippen molar-refractivity contribution < 1.29 is 4.79 Å². The van der Waals surface area contributed by atoms with Crippen molar-refractivity contribution in [2.75, 3.05) is 0 Å². The minimum Gasteiger partial charge on any atom is -0.344 e. The number of aromatic nitrogens is 2. The van der Waals surface area contributed by atoms with Crippen molar-refractivity contribution in [1.29, 1.82) is 0 Å². The molecule has 0 radical (unpaired) electrons. The maximum Gasteiger partial charge on any atom is 0.252 e. The summed E-state index contributed by atoms with van der Waals surface area (Å²) in [4.78, 5) is 21.5. The summed E-state index contributed by atoms with van der Waals surface area (Å²) in [5.74, 6) is -0.107. The van der Waals surface area contributed by atoms with Crippen LogP contribution in [0.5, 0.6) is 0 Å². The van der Waals surface area contributed by atoms with E-state index in [0.717, 1.165) is 27.9 Å². The summed E-state index contributed by atoms with van der Waals surface area (Å²) in [5, 5.41) is 3.90. The molecular weight excluding hydrogens is 286 g/mol. The molecule has 3 rings (SSSR count). The number of hydrogen-bond acceptors (Lipinski definition) is 3. The molecule has 0 fully saturated rings. The highest BCUT2D eigenvalue weighted by molar-refractivity contribution is 6.06. The third-order valence-corrected chi connectivity index (χ3v) is 3.82. The summed E-state index contributed by atoms with van der Waals surface area (Å²) in [6, 6.07) is 13.3. The molecule has 4 nitrogen and oxygen atoms in total. The Hall–Kier alpha value is -2.75. The van der Waals surface area contributed by atoms with Gasteiger partial charge in [-0.15, -0.1) is 0 Å². The Morgan fingerprint density at radius 1 is 1.13 bits per heavy atom. The Balaban J connectivity index is 1.96. The van der Waals surface area contributed by atoms with Gasteiger partial charge in [0.05, 0.1) is 22.8 Å². The summed E-state index contributed by atoms with van der Waals surface area (Å²) in [6.45, 7) is 5.84. The van der Waals surface area contributed by atoms with Gasteiger partial charge < -0.3 is 5.32 Å². The molecule has 0 aliphatic heterocycles. The molecular formula is C19H19N3O. The molecule has 0 saturated heterocycles. The number of carbonyl (C=O) groups excluding carboxylic acids is 1. The van der Waals surface area contributed by atoms with Gasteiger partial charge in [-0.1, -0.05) is 17.7 Å². The van der Waals surface area contributed by atoms with Crippen LogP contribution in [0.2, 0.25) is 0 Å². The van der Waals surface area contributed by atoms with Gasteiger partial charge in [0.25, 0.3) is 5.91 Å². The average molecular weight is 305 g/mol. The predicted octanol–water partition coefficient (Wildman–Crippen LogP) is 3.74. The number of nitrogens with one attached hydrogen (secondary N) is 1. The predicted molar refractivity (Wildman–Crippen MR) is 91.3 cm³/mol. The molecule has 2 heterocycles. The highest BCUT2D eigenvalue weighted by Gasteiger charge is 2.16. The van der Waals surface area contributed by atoms with E-state index in [9.17, 15) is 4.79 Å². The summed E-state index contributed by atoms with van der Waals surface area (Å²) < 4.78 is 0. The van der Waals surface area contributed by atoms with E-state index >= 15 is 0 Å². The van der Waals surface area contributed by atoms with Gasteiger partial charge in [-0.3, -0.25) is 14.8 Å². The molecule has 0 spiro atoms. The highest BCUT2D eigenvalue weighted by Crippen LogP contribution is 2.21. The smallest absolute Gasteiger partial charge is 0.252 e. The lowest BCUT2D eigenvalue weighted by Gasteiger charge is -2.15. The number of aryl methyl sites for hydroxylation is 2. The van der Waals surface area contributed by atoms with Gasteiger partial charge in [-0.2, -0.15) is 0 Å². The minimum absolute atomic E-state index is 0.107. The molecule has 1 atom stereocenters. The van der Waals surface area contributed by atoms with Crippen LogP contribution in [0.15, 0.2) is 48.7 Å². The first kappa shape index (κ1) is 15.2. The van der Waals surface area contributed by atoms with E-state index in [1.54, 1.807) is 6.20 Å². The van der Waals surface area contributed by atoms with Gasteiger partial charge in [0.15, 0.2) is 0 Å². The quantitative estimate of drug-likeness (QED) is 0.802. The molecule has 1 N–H and O–H groups in total. The van der Waals surface area contributed by atoms with Crippen molar-refractivity contribution in [2.24, 2.45) is 0 Å². The van der Waals surface area contributed by atoms with Gasteiger partial charge in [-0.25, -0.2) is 0 Å². The standard InChI is InChI=1S/C19H19N3O/c1-12-7-8-18-15(10-12)16(11-13(2)21-18)19(23)22-14(3)17-6-4-5-9-20-17/h4-11,14H,1-3H3,(H,22,23). The first-order valence-corrected chi connectivity index (χ1v) is 7.64. The third-order valence-electron chi connectivity index (χ3n) is 3.82. The second kappa shape index (κ2) is 6.16. The van der Waals surface area contributed by atoms with Crippen LogP contribution in [0.3, 0.4) is 0 Å². The molecule has 1 amide bonds. The fourth-order valence-corrected chi connectivity index (χ4v) is 2.64. The van der Waals surface area contributed by atoms with Crippen LogP contribution in [-0.4, -0.2) is 15.9 Å². The van der Waals surface area contributed by atoms with Gasteiger partial charge >= 0.3 is 0 Å². The van der Waals surface area contributed by atoms with Crippen LogP contribution < -0.4 is 5.32 Å². The van der Waals surface area contributed by atoms with Gasteiger partial charge in [0.2, 0.25) is 0 Å². The fraction of sp³-hybridized carbons (Fsp3) is 0.211. The highest BCUT2D eigenvalue weighted by atomic mass is 16.1. The SMILES string of the molecule is Cc1ccc2nc(C)cc(C(=O)NC(C)c3ccccn3)c2c1. The number of benzene rings is 1. The number of fused-ring (bicyclic) bond motifs is 1. The number of hydrogen-bond donors (Lipinski definition) is 1.